The van der Waals surface area contributed by atoms with E-state index < -0.39 is 0 Å². The summed E-state index contributed by atoms with van der Waals surface area (Å²) in [6, 6.07) is 0.427. The average molecular weight is 206 g/mol. The monoisotopic (exact) mass is 206 g/mol. The van der Waals surface area contributed by atoms with Crippen molar-refractivity contribution in [2.45, 2.75) is 25.4 Å². The fraction of sp³-hybridized carbons (Fsp3) is 0.500. The molecule has 5 heteroatoms. The van der Waals surface area contributed by atoms with Crippen molar-refractivity contribution in [2.24, 2.45) is 0 Å². The average Bonchev–Trinajstić information content (AvgIpc) is 3.03. The SMILES string of the molecule is O=C(CNCc1cnccn1)NC1CC1. The molecular weight excluding hydrogens is 192 g/mol. The van der Waals surface area contributed by atoms with Crippen LogP contribution in [0.5, 0.6) is 0 Å². The van der Waals surface area contributed by atoms with E-state index in [4.69, 9.17) is 0 Å². The standard InChI is InChI=1S/C10H14N4O/c15-10(14-8-1-2-8)7-12-6-9-5-11-3-4-13-9/h3-5,8,12H,1-2,6-7H2,(H,14,15). The molecule has 0 bridgehead atoms. The zero-order valence-electron chi connectivity index (χ0n) is 8.44. The van der Waals surface area contributed by atoms with E-state index in [2.05, 4.69) is 20.6 Å². The van der Waals surface area contributed by atoms with Crippen molar-refractivity contribution in [3.05, 3.63) is 24.3 Å². The minimum atomic E-state index is 0.0568. The third-order valence-corrected chi connectivity index (χ3v) is 2.15. The Labute approximate surface area is 88.3 Å². The summed E-state index contributed by atoms with van der Waals surface area (Å²) < 4.78 is 0. The first-order chi connectivity index (χ1) is 7.34. The number of nitrogens with zero attached hydrogens (tertiary/aromatic N) is 2. The maximum atomic E-state index is 11.3. The fourth-order valence-corrected chi connectivity index (χ4v) is 1.23. The van der Waals surface area contributed by atoms with Crippen LogP contribution in [0, 0.1) is 0 Å². The van der Waals surface area contributed by atoms with Crippen LogP contribution in [-0.2, 0) is 11.3 Å². The Morgan fingerprint density at radius 2 is 2.33 bits per heavy atom. The fourth-order valence-electron chi connectivity index (χ4n) is 1.23. The van der Waals surface area contributed by atoms with Crippen molar-refractivity contribution in [3.8, 4) is 0 Å². The number of carbonyl (C=O) groups is 1. The van der Waals surface area contributed by atoms with Crippen LogP contribution in [0.25, 0.3) is 0 Å². The second kappa shape index (κ2) is 4.84. The number of hydrogen-bond donors (Lipinski definition) is 2. The molecule has 1 aliphatic carbocycles. The molecule has 1 heterocycles. The van der Waals surface area contributed by atoms with Gasteiger partial charge in [0.25, 0.3) is 0 Å². The Morgan fingerprint density at radius 1 is 1.47 bits per heavy atom. The zero-order valence-corrected chi connectivity index (χ0v) is 8.44. The van der Waals surface area contributed by atoms with Gasteiger partial charge in [-0.25, -0.2) is 0 Å². The van der Waals surface area contributed by atoms with E-state index in [0.29, 0.717) is 19.1 Å². The van der Waals surface area contributed by atoms with Crippen LogP contribution in [0.15, 0.2) is 18.6 Å². The van der Waals surface area contributed by atoms with Crippen LogP contribution in [0.1, 0.15) is 18.5 Å². The highest BCUT2D eigenvalue weighted by Crippen LogP contribution is 2.18. The van der Waals surface area contributed by atoms with Crippen LogP contribution in [-0.4, -0.2) is 28.5 Å². The Kier molecular flexibility index (Phi) is 3.24. The molecular formula is C10H14N4O. The lowest BCUT2D eigenvalue weighted by Gasteiger charge is -2.04. The molecule has 0 spiro atoms. The van der Waals surface area contributed by atoms with Gasteiger partial charge in [-0.2, -0.15) is 0 Å². The number of rotatable bonds is 5. The molecule has 1 fully saturated rings. The van der Waals surface area contributed by atoms with Crippen molar-refractivity contribution in [3.63, 3.8) is 0 Å². The Balaban J connectivity index is 1.63. The molecule has 15 heavy (non-hydrogen) atoms. The van der Waals surface area contributed by atoms with E-state index >= 15 is 0 Å². The molecule has 1 aliphatic rings. The number of nitrogens with one attached hydrogen (secondary N) is 2. The first kappa shape index (κ1) is 10.0. The van der Waals surface area contributed by atoms with Gasteiger partial charge in [0.15, 0.2) is 0 Å². The first-order valence-corrected chi connectivity index (χ1v) is 5.09. The summed E-state index contributed by atoms with van der Waals surface area (Å²) in [6.45, 7) is 0.916. The molecule has 5 nitrogen and oxygen atoms in total. The lowest BCUT2D eigenvalue weighted by molar-refractivity contribution is -0.120. The Bertz CT molecular complexity index is 323. The Hall–Kier alpha value is -1.49. The molecule has 0 radical (unpaired) electrons. The molecule has 1 aromatic heterocycles. The quantitative estimate of drug-likeness (QED) is 0.703. The van der Waals surface area contributed by atoms with Gasteiger partial charge in [-0.15, -0.1) is 0 Å². The predicted molar refractivity (Wildman–Crippen MR) is 54.9 cm³/mol. The van der Waals surface area contributed by atoms with Gasteiger partial charge in [-0.1, -0.05) is 0 Å². The summed E-state index contributed by atoms with van der Waals surface area (Å²) in [6.07, 6.45) is 7.20. The lowest BCUT2D eigenvalue weighted by Crippen LogP contribution is -2.34. The van der Waals surface area contributed by atoms with Crippen molar-refractivity contribution >= 4 is 5.91 Å². The highest BCUT2D eigenvalue weighted by atomic mass is 16.2. The van der Waals surface area contributed by atoms with Gasteiger partial charge in [-0.05, 0) is 12.8 Å². The molecule has 1 saturated carbocycles. The van der Waals surface area contributed by atoms with Gasteiger partial charge < -0.3 is 10.6 Å². The second-order valence-corrected chi connectivity index (χ2v) is 3.64. The normalized spacial score (nSPS) is 14.9. The first-order valence-electron chi connectivity index (χ1n) is 5.09. The predicted octanol–water partition coefficient (Wildman–Crippen LogP) is -0.155. The molecule has 2 N–H and O–H groups in total. The second-order valence-electron chi connectivity index (χ2n) is 3.64. The van der Waals surface area contributed by atoms with Crippen LogP contribution in [0.3, 0.4) is 0 Å². The van der Waals surface area contributed by atoms with Crippen molar-refractivity contribution in [1.82, 2.24) is 20.6 Å². The summed E-state index contributed by atoms with van der Waals surface area (Å²) in [7, 11) is 0. The van der Waals surface area contributed by atoms with Gasteiger partial charge in [-0.3, -0.25) is 14.8 Å². The van der Waals surface area contributed by atoms with Crippen LogP contribution in [0.2, 0.25) is 0 Å². The van der Waals surface area contributed by atoms with E-state index in [0.717, 1.165) is 18.5 Å². The van der Waals surface area contributed by atoms with E-state index in [1.165, 1.54) is 0 Å². The van der Waals surface area contributed by atoms with Crippen molar-refractivity contribution in [2.75, 3.05) is 6.54 Å². The summed E-state index contributed by atoms with van der Waals surface area (Å²) in [5, 5.41) is 5.92. The number of amides is 1. The smallest absolute Gasteiger partial charge is 0.234 e. The van der Waals surface area contributed by atoms with Gasteiger partial charge >= 0.3 is 0 Å². The molecule has 0 unspecified atom stereocenters. The van der Waals surface area contributed by atoms with E-state index in [9.17, 15) is 4.79 Å². The summed E-state index contributed by atoms with van der Waals surface area (Å²) in [5.41, 5.74) is 0.844. The van der Waals surface area contributed by atoms with Crippen LogP contribution >= 0.6 is 0 Å². The van der Waals surface area contributed by atoms with E-state index in [1.54, 1.807) is 18.6 Å². The van der Waals surface area contributed by atoms with Crippen LogP contribution < -0.4 is 10.6 Å². The molecule has 0 saturated heterocycles. The van der Waals surface area contributed by atoms with Crippen molar-refractivity contribution < 1.29 is 4.79 Å². The van der Waals surface area contributed by atoms with E-state index in [-0.39, 0.29) is 5.91 Å². The maximum Gasteiger partial charge on any atom is 0.234 e. The lowest BCUT2D eigenvalue weighted by atomic mass is 10.4. The zero-order chi connectivity index (χ0) is 10.5. The third-order valence-electron chi connectivity index (χ3n) is 2.15. The van der Waals surface area contributed by atoms with E-state index in [1.807, 2.05) is 0 Å². The highest BCUT2D eigenvalue weighted by Gasteiger charge is 2.22. The van der Waals surface area contributed by atoms with Crippen LogP contribution in [0.4, 0.5) is 0 Å². The largest absolute Gasteiger partial charge is 0.352 e. The molecule has 0 aliphatic heterocycles. The minimum Gasteiger partial charge on any atom is -0.352 e. The molecule has 2 rings (SSSR count). The molecule has 0 atom stereocenters. The summed E-state index contributed by atoms with van der Waals surface area (Å²) in [5.74, 6) is 0.0568. The molecule has 0 aromatic carbocycles. The number of carbonyl (C=O) groups excluding carboxylic acids is 1. The van der Waals surface area contributed by atoms with Gasteiger partial charge in [0, 0.05) is 31.2 Å². The Morgan fingerprint density at radius 3 is 3.00 bits per heavy atom. The third kappa shape index (κ3) is 3.63. The van der Waals surface area contributed by atoms with Gasteiger partial charge in [0.05, 0.1) is 12.2 Å². The maximum absolute atomic E-state index is 11.3. The molecule has 1 aromatic rings. The van der Waals surface area contributed by atoms with Gasteiger partial charge in [0.2, 0.25) is 5.91 Å². The molecule has 1 amide bonds. The topological polar surface area (TPSA) is 66.9 Å². The number of aromatic nitrogens is 2. The highest BCUT2D eigenvalue weighted by molar-refractivity contribution is 5.78. The summed E-state index contributed by atoms with van der Waals surface area (Å²) in [4.78, 5) is 19.3. The van der Waals surface area contributed by atoms with Gasteiger partial charge in [0.1, 0.15) is 0 Å². The van der Waals surface area contributed by atoms with Crippen molar-refractivity contribution in [1.29, 1.82) is 0 Å². The summed E-state index contributed by atoms with van der Waals surface area (Å²) >= 11 is 0. The minimum absolute atomic E-state index is 0.0568. The number of hydrogen-bond acceptors (Lipinski definition) is 4. The molecule has 80 valence electrons.